The molecule has 28 heavy (non-hydrogen) atoms. The SMILES string of the molecule is CC1(C)[C@H]2CC[C@@]1(C)[C@H](N=CC1C(=O)NC(=O)N(c3ccc(Cl)cc3)C1=O)C2. The number of carbonyl (C=O) groups excluding carboxylic acids is 3. The number of carbonyl (C=O) groups is 3. The fourth-order valence-corrected chi connectivity index (χ4v) is 5.26. The lowest BCUT2D eigenvalue weighted by molar-refractivity contribution is -0.131. The lowest BCUT2D eigenvalue weighted by Crippen LogP contribution is -2.58. The summed E-state index contributed by atoms with van der Waals surface area (Å²) in [6.45, 7) is 6.84. The number of halogens is 1. The lowest BCUT2D eigenvalue weighted by atomic mass is 9.69. The lowest BCUT2D eigenvalue weighted by Gasteiger charge is -2.37. The maximum atomic E-state index is 12.9. The van der Waals surface area contributed by atoms with Gasteiger partial charge in [-0.3, -0.25) is 19.9 Å². The normalized spacial score (nSPS) is 34.4. The van der Waals surface area contributed by atoms with Gasteiger partial charge in [0.2, 0.25) is 5.91 Å². The summed E-state index contributed by atoms with van der Waals surface area (Å²) in [6.07, 6.45) is 4.73. The van der Waals surface area contributed by atoms with Gasteiger partial charge in [-0.15, -0.1) is 0 Å². The number of imide groups is 2. The first-order chi connectivity index (χ1) is 13.1. The van der Waals surface area contributed by atoms with Crippen molar-refractivity contribution in [2.45, 2.75) is 46.1 Å². The molecule has 0 spiro atoms. The number of anilines is 1. The van der Waals surface area contributed by atoms with Crippen LogP contribution in [0.2, 0.25) is 5.02 Å². The zero-order chi connectivity index (χ0) is 20.3. The summed E-state index contributed by atoms with van der Waals surface area (Å²) in [7, 11) is 0. The quantitative estimate of drug-likeness (QED) is 0.617. The molecule has 3 aliphatic rings. The molecule has 1 aromatic carbocycles. The maximum Gasteiger partial charge on any atom is 0.335 e. The number of nitrogens with zero attached hydrogens (tertiary/aromatic N) is 2. The number of urea groups is 1. The summed E-state index contributed by atoms with van der Waals surface area (Å²) >= 11 is 5.89. The molecule has 2 bridgehead atoms. The zero-order valence-corrected chi connectivity index (χ0v) is 17.0. The predicted octanol–water partition coefficient (Wildman–Crippen LogP) is 3.82. The van der Waals surface area contributed by atoms with Gasteiger partial charge in [0.05, 0.1) is 11.7 Å². The Labute approximate surface area is 169 Å². The third-order valence-electron chi connectivity index (χ3n) is 7.45. The van der Waals surface area contributed by atoms with Crippen molar-refractivity contribution < 1.29 is 14.4 Å². The molecule has 4 rings (SSSR count). The molecule has 7 heteroatoms. The van der Waals surface area contributed by atoms with Crippen molar-refractivity contribution in [1.82, 2.24) is 5.32 Å². The second-order valence-corrected chi connectivity index (χ2v) is 9.28. The van der Waals surface area contributed by atoms with Crippen LogP contribution in [0.5, 0.6) is 0 Å². The number of aliphatic imine (C=N–C) groups is 1. The number of rotatable bonds is 3. The minimum atomic E-state index is -1.11. The molecule has 1 N–H and O–H groups in total. The van der Waals surface area contributed by atoms with E-state index >= 15 is 0 Å². The number of hydrogen-bond donors (Lipinski definition) is 1. The molecule has 4 atom stereocenters. The molecule has 1 saturated heterocycles. The zero-order valence-electron chi connectivity index (χ0n) is 16.2. The van der Waals surface area contributed by atoms with E-state index in [1.807, 2.05) is 0 Å². The molecule has 1 heterocycles. The minimum Gasteiger partial charge on any atom is -0.292 e. The van der Waals surface area contributed by atoms with E-state index in [1.165, 1.54) is 12.6 Å². The highest BCUT2D eigenvalue weighted by molar-refractivity contribution is 6.33. The van der Waals surface area contributed by atoms with Crippen LogP contribution in [0.15, 0.2) is 29.3 Å². The Balaban J connectivity index is 1.58. The number of nitrogens with one attached hydrogen (secondary N) is 1. The van der Waals surface area contributed by atoms with E-state index in [2.05, 4.69) is 26.1 Å². The van der Waals surface area contributed by atoms with Crippen molar-refractivity contribution in [3.8, 4) is 0 Å². The van der Waals surface area contributed by atoms with E-state index in [0.29, 0.717) is 16.6 Å². The molecule has 4 amide bonds. The molecule has 2 aliphatic carbocycles. The standard InChI is InChI=1S/C21H24ClN3O3/c1-20(2)12-8-9-21(20,3)16(10-12)23-11-15-17(26)24-19(28)25(18(15)27)14-6-4-13(22)5-7-14/h4-7,11-12,15-16H,8-10H2,1-3H3,(H,24,26,28)/t12-,15?,16+,21-/m0/s1. The average molecular weight is 402 g/mol. The molecule has 148 valence electrons. The van der Waals surface area contributed by atoms with E-state index in [1.54, 1.807) is 24.3 Å². The molecule has 1 unspecified atom stereocenters. The smallest absolute Gasteiger partial charge is 0.292 e. The molecular weight excluding hydrogens is 378 g/mol. The summed E-state index contributed by atoms with van der Waals surface area (Å²) < 4.78 is 0. The van der Waals surface area contributed by atoms with Crippen molar-refractivity contribution in [3.05, 3.63) is 29.3 Å². The van der Waals surface area contributed by atoms with Crippen LogP contribution in [-0.2, 0) is 9.59 Å². The van der Waals surface area contributed by atoms with E-state index in [4.69, 9.17) is 16.6 Å². The number of barbiturate groups is 1. The van der Waals surface area contributed by atoms with E-state index < -0.39 is 23.8 Å². The van der Waals surface area contributed by atoms with Crippen LogP contribution in [0.1, 0.15) is 40.0 Å². The molecule has 1 aromatic rings. The second kappa shape index (κ2) is 6.41. The van der Waals surface area contributed by atoms with Gasteiger partial charge in [-0.25, -0.2) is 9.69 Å². The highest BCUT2D eigenvalue weighted by atomic mass is 35.5. The summed E-state index contributed by atoms with van der Waals surface area (Å²) in [6, 6.07) is 5.66. The Kier molecular flexibility index (Phi) is 4.38. The molecule has 0 aromatic heterocycles. The van der Waals surface area contributed by atoms with Gasteiger partial charge in [0.15, 0.2) is 5.92 Å². The Hall–Kier alpha value is -2.21. The highest BCUT2D eigenvalue weighted by Crippen LogP contribution is 2.66. The van der Waals surface area contributed by atoms with Crippen LogP contribution >= 0.6 is 11.6 Å². The van der Waals surface area contributed by atoms with Gasteiger partial charge in [0, 0.05) is 11.2 Å². The topological polar surface area (TPSA) is 78.8 Å². The van der Waals surface area contributed by atoms with Gasteiger partial charge in [-0.2, -0.15) is 0 Å². The van der Waals surface area contributed by atoms with E-state index in [0.717, 1.165) is 17.7 Å². The average Bonchev–Trinajstić information content (AvgIpc) is 2.96. The van der Waals surface area contributed by atoms with E-state index in [9.17, 15) is 14.4 Å². The molecule has 0 radical (unpaired) electrons. The Morgan fingerprint density at radius 3 is 2.43 bits per heavy atom. The van der Waals surface area contributed by atoms with Gasteiger partial charge < -0.3 is 0 Å². The molecule has 2 saturated carbocycles. The van der Waals surface area contributed by atoms with Crippen LogP contribution in [-0.4, -0.2) is 30.1 Å². The fourth-order valence-electron chi connectivity index (χ4n) is 5.13. The minimum absolute atomic E-state index is 0.0635. The van der Waals surface area contributed by atoms with Gasteiger partial charge in [-0.05, 0) is 60.3 Å². The Morgan fingerprint density at radius 1 is 1.18 bits per heavy atom. The number of fused-ring (bicyclic) bond motifs is 2. The van der Waals surface area contributed by atoms with Crippen LogP contribution in [0.4, 0.5) is 10.5 Å². The summed E-state index contributed by atoms with van der Waals surface area (Å²) in [5.74, 6) is -1.72. The van der Waals surface area contributed by atoms with Crippen molar-refractivity contribution in [3.63, 3.8) is 0 Å². The number of benzene rings is 1. The molecule has 1 aliphatic heterocycles. The van der Waals surface area contributed by atoms with Crippen molar-refractivity contribution in [2.75, 3.05) is 4.90 Å². The van der Waals surface area contributed by atoms with Crippen LogP contribution in [0.3, 0.4) is 0 Å². The largest absolute Gasteiger partial charge is 0.335 e. The van der Waals surface area contributed by atoms with Gasteiger partial charge in [0.1, 0.15) is 0 Å². The molecule has 3 fully saturated rings. The molecule has 6 nitrogen and oxygen atoms in total. The van der Waals surface area contributed by atoms with Gasteiger partial charge in [0.25, 0.3) is 5.91 Å². The summed E-state index contributed by atoms with van der Waals surface area (Å²) in [5.41, 5.74) is 0.624. The van der Waals surface area contributed by atoms with Crippen LogP contribution < -0.4 is 10.2 Å². The fraction of sp³-hybridized carbons (Fsp3) is 0.524. The predicted molar refractivity (Wildman–Crippen MR) is 107 cm³/mol. The first-order valence-electron chi connectivity index (χ1n) is 9.63. The third-order valence-corrected chi connectivity index (χ3v) is 7.70. The summed E-state index contributed by atoms with van der Waals surface area (Å²) in [4.78, 5) is 43.2. The van der Waals surface area contributed by atoms with Gasteiger partial charge in [-0.1, -0.05) is 32.4 Å². The Bertz CT molecular complexity index is 879. The van der Waals surface area contributed by atoms with E-state index in [-0.39, 0.29) is 16.9 Å². The van der Waals surface area contributed by atoms with Gasteiger partial charge >= 0.3 is 6.03 Å². The number of amides is 4. The maximum absolute atomic E-state index is 12.9. The van der Waals surface area contributed by atoms with Crippen molar-refractivity contribution in [1.29, 1.82) is 0 Å². The number of hydrogen-bond acceptors (Lipinski definition) is 4. The summed E-state index contributed by atoms with van der Waals surface area (Å²) in [5, 5.41) is 2.76. The van der Waals surface area contributed by atoms with Crippen LogP contribution in [0, 0.1) is 22.7 Å². The second-order valence-electron chi connectivity index (χ2n) is 8.85. The Morgan fingerprint density at radius 2 is 1.86 bits per heavy atom. The van der Waals surface area contributed by atoms with Crippen molar-refractivity contribution in [2.24, 2.45) is 27.7 Å². The first-order valence-corrected chi connectivity index (χ1v) is 10.0. The third kappa shape index (κ3) is 2.69. The highest BCUT2D eigenvalue weighted by Gasteiger charge is 2.61. The monoisotopic (exact) mass is 401 g/mol. The molecular formula is C21H24ClN3O3. The van der Waals surface area contributed by atoms with Crippen molar-refractivity contribution >= 4 is 41.3 Å². The van der Waals surface area contributed by atoms with Crippen LogP contribution in [0.25, 0.3) is 0 Å². The first kappa shape index (κ1) is 19.1.